The topological polar surface area (TPSA) is 89.7 Å². The van der Waals surface area contributed by atoms with Crippen LogP contribution in [0, 0.1) is 10.1 Å². The molecule has 1 N–H and O–H groups in total. The Bertz CT molecular complexity index is 498. The fourth-order valence-corrected chi connectivity index (χ4v) is 1.80. The number of carboxylic acids is 1. The predicted molar refractivity (Wildman–Crippen MR) is 64.0 cm³/mol. The van der Waals surface area contributed by atoms with Crippen LogP contribution in [0.3, 0.4) is 0 Å². The minimum Gasteiger partial charge on any atom is -0.496 e. The van der Waals surface area contributed by atoms with Gasteiger partial charge in [0.25, 0.3) is 5.69 Å². The van der Waals surface area contributed by atoms with Gasteiger partial charge in [-0.2, -0.15) is 0 Å². The lowest BCUT2D eigenvalue weighted by atomic mass is 10.1. The van der Waals surface area contributed by atoms with Crippen molar-refractivity contribution in [3.8, 4) is 5.75 Å². The number of nitro groups is 1. The maximum absolute atomic E-state index is 10.7. The van der Waals surface area contributed by atoms with Gasteiger partial charge in [-0.15, -0.1) is 0 Å². The highest BCUT2D eigenvalue weighted by Crippen LogP contribution is 2.35. The molecule has 0 saturated carbocycles. The number of ether oxygens (including phenoxy) is 1. The maximum atomic E-state index is 10.7. The molecular formula is C10H8BrNO5. The molecule has 0 spiro atoms. The van der Waals surface area contributed by atoms with Gasteiger partial charge in [-0.1, -0.05) is 0 Å². The van der Waals surface area contributed by atoms with Gasteiger partial charge in [0, 0.05) is 17.7 Å². The molecule has 0 radical (unpaired) electrons. The van der Waals surface area contributed by atoms with Crippen molar-refractivity contribution < 1.29 is 19.6 Å². The van der Waals surface area contributed by atoms with Gasteiger partial charge in [0.2, 0.25) is 0 Å². The molecule has 1 rings (SSSR count). The van der Waals surface area contributed by atoms with Crippen molar-refractivity contribution >= 4 is 33.7 Å². The minimum atomic E-state index is -1.15. The predicted octanol–water partition coefficient (Wildman–Crippen LogP) is 2.46. The van der Waals surface area contributed by atoms with Crippen LogP contribution in [-0.4, -0.2) is 23.1 Å². The Morgan fingerprint density at radius 3 is 2.71 bits per heavy atom. The third-order valence-electron chi connectivity index (χ3n) is 1.93. The molecule has 0 bridgehead atoms. The van der Waals surface area contributed by atoms with Crippen molar-refractivity contribution in [2.75, 3.05) is 7.11 Å². The summed E-state index contributed by atoms with van der Waals surface area (Å²) in [5.74, 6) is -0.801. The number of rotatable bonds is 4. The Morgan fingerprint density at radius 2 is 2.24 bits per heavy atom. The molecule has 0 aliphatic rings. The number of carboxylic acid groups (broad SMARTS) is 1. The van der Waals surface area contributed by atoms with E-state index in [1.807, 2.05) is 0 Å². The summed E-state index contributed by atoms with van der Waals surface area (Å²) in [5, 5.41) is 19.2. The second-order valence-corrected chi connectivity index (χ2v) is 3.74. The first-order valence-electron chi connectivity index (χ1n) is 4.39. The third kappa shape index (κ3) is 3.04. The van der Waals surface area contributed by atoms with Crippen LogP contribution in [0.4, 0.5) is 5.69 Å². The van der Waals surface area contributed by atoms with Crippen LogP contribution < -0.4 is 4.74 Å². The number of methoxy groups -OCH3 is 1. The van der Waals surface area contributed by atoms with Crippen LogP contribution in [-0.2, 0) is 4.79 Å². The van der Waals surface area contributed by atoms with Crippen LogP contribution in [0.2, 0.25) is 0 Å². The highest BCUT2D eigenvalue weighted by molar-refractivity contribution is 9.10. The molecule has 7 heteroatoms. The minimum absolute atomic E-state index is 0.157. The fraction of sp³-hybridized carbons (Fsp3) is 0.100. The lowest BCUT2D eigenvalue weighted by Crippen LogP contribution is -1.95. The molecule has 0 fully saturated rings. The second kappa shape index (κ2) is 5.44. The summed E-state index contributed by atoms with van der Waals surface area (Å²) in [6.45, 7) is 0. The molecule has 1 aromatic carbocycles. The molecule has 1 aromatic rings. The van der Waals surface area contributed by atoms with Crippen molar-refractivity contribution in [2.24, 2.45) is 0 Å². The van der Waals surface area contributed by atoms with Gasteiger partial charge in [-0.3, -0.25) is 10.1 Å². The smallest absolute Gasteiger partial charge is 0.328 e. The van der Waals surface area contributed by atoms with Crippen LogP contribution in [0.5, 0.6) is 5.75 Å². The summed E-state index contributed by atoms with van der Waals surface area (Å²) >= 11 is 3.06. The summed E-state index contributed by atoms with van der Waals surface area (Å²) in [6, 6.07) is 2.69. The average Bonchev–Trinajstić information content (AvgIpc) is 2.26. The quantitative estimate of drug-likeness (QED) is 0.524. The first-order valence-corrected chi connectivity index (χ1v) is 5.18. The zero-order valence-corrected chi connectivity index (χ0v) is 10.3. The summed E-state index contributed by atoms with van der Waals surface area (Å²) < 4.78 is 5.18. The van der Waals surface area contributed by atoms with E-state index in [9.17, 15) is 14.9 Å². The number of halogens is 1. The van der Waals surface area contributed by atoms with E-state index in [2.05, 4.69) is 15.9 Å². The lowest BCUT2D eigenvalue weighted by Gasteiger charge is -2.06. The Kier molecular flexibility index (Phi) is 4.22. The average molecular weight is 302 g/mol. The van der Waals surface area contributed by atoms with Crippen molar-refractivity contribution in [2.45, 2.75) is 0 Å². The number of hydrogen-bond donors (Lipinski definition) is 1. The number of nitrogens with zero attached hydrogens (tertiary/aromatic N) is 1. The molecule has 6 nitrogen and oxygen atoms in total. The maximum Gasteiger partial charge on any atom is 0.328 e. The molecule has 0 unspecified atom stereocenters. The fourth-order valence-electron chi connectivity index (χ4n) is 1.19. The van der Waals surface area contributed by atoms with Crippen LogP contribution in [0.1, 0.15) is 5.56 Å². The van der Waals surface area contributed by atoms with Crippen LogP contribution >= 0.6 is 15.9 Å². The van der Waals surface area contributed by atoms with Gasteiger partial charge in [0.1, 0.15) is 10.2 Å². The van der Waals surface area contributed by atoms with Crippen molar-refractivity contribution in [3.63, 3.8) is 0 Å². The summed E-state index contributed by atoms with van der Waals surface area (Å²) in [5.41, 5.74) is 0.153. The van der Waals surface area contributed by atoms with E-state index in [4.69, 9.17) is 9.84 Å². The number of aliphatic carboxylic acids is 1. The third-order valence-corrected chi connectivity index (χ3v) is 2.76. The molecule has 0 aromatic heterocycles. The van der Waals surface area contributed by atoms with Crippen molar-refractivity contribution in [1.82, 2.24) is 0 Å². The van der Waals surface area contributed by atoms with Crippen molar-refractivity contribution in [1.29, 1.82) is 0 Å². The van der Waals surface area contributed by atoms with E-state index >= 15 is 0 Å². The lowest BCUT2D eigenvalue weighted by molar-refractivity contribution is -0.385. The first kappa shape index (κ1) is 13.2. The second-order valence-electron chi connectivity index (χ2n) is 2.94. The van der Waals surface area contributed by atoms with E-state index in [1.54, 1.807) is 0 Å². The van der Waals surface area contributed by atoms with Crippen LogP contribution in [0.25, 0.3) is 6.08 Å². The standard InChI is InChI=1S/C10H8BrNO5/c1-17-8-4-3-7(12(15)16)10(11)6(8)2-5-9(13)14/h2-5H,1H3,(H,13,14)/b5-2+. The number of nitro benzene ring substituents is 1. The Hall–Kier alpha value is -1.89. The van der Waals surface area contributed by atoms with E-state index in [0.29, 0.717) is 11.3 Å². The van der Waals surface area contributed by atoms with Crippen LogP contribution in [0.15, 0.2) is 22.7 Å². The largest absolute Gasteiger partial charge is 0.496 e. The molecule has 90 valence electrons. The van der Waals surface area contributed by atoms with E-state index < -0.39 is 10.9 Å². The van der Waals surface area contributed by atoms with Gasteiger partial charge < -0.3 is 9.84 Å². The molecule has 0 amide bonds. The summed E-state index contributed by atoms with van der Waals surface area (Å²) in [4.78, 5) is 20.6. The molecule has 0 atom stereocenters. The van der Waals surface area contributed by atoms with E-state index in [1.165, 1.54) is 25.3 Å². The Morgan fingerprint density at radius 1 is 1.59 bits per heavy atom. The van der Waals surface area contributed by atoms with Gasteiger partial charge >= 0.3 is 5.97 Å². The van der Waals surface area contributed by atoms with E-state index in [-0.39, 0.29) is 10.2 Å². The van der Waals surface area contributed by atoms with Gasteiger partial charge in [0.15, 0.2) is 0 Å². The molecule has 17 heavy (non-hydrogen) atoms. The molecule has 0 saturated heterocycles. The molecular weight excluding hydrogens is 294 g/mol. The summed E-state index contributed by atoms with van der Waals surface area (Å²) in [6.07, 6.45) is 2.12. The zero-order valence-electron chi connectivity index (χ0n) is 8.71. The molecule has 0 aliphatic heterocycles. The normalized spacial score (nSPS) is 10.5. The van der Waals surface area contributed by atoms with Gasteiger partial charge in [0.05, 0.1) is 12.0 Å². The van der Waals surface area contributed by atoms with Crippen molar-refractivity contribution in [3.05, 3.63) is 38.4 Å². The van der Waals surface area contributed by atoms with Gasteiger partial charge in [-0.25, -0.2) is 4.79 Å². The molecule has 0 heterocycles. The van der Waals surface area contributed by atoms with E-state index in [0.717, 1.165) is 6.08 Å². The molecule has 0 aliphatic carbocycles. The summed E-state index contributed by atoms with van der Waals surface area (Å²) in [7, 11) is 1.39. The SMILES string of the molecule is COc1ccc([N+](=O)[O-])c(Br)c1/C=C/C(=O)O. The first-order chi connectivity index (χ1) is 7.97. The number of carbonyl (C=O) groups is 1. The highest BCUT2D eigenvalue weighted by Gasteiger charge is 2.17. The number of hydrogen-bond acceptors (Lipinski definition) is 4. The highest BCUT2D eigenvalue weighted by atomic mass is 79.9. The zero-order chi connectivity index (χ0) is 13.0. The number of benzene rings is 1. The Balaban J connectivity index is 3.37. The Labute approximate surface area is 105 Å². The monoisotopic (exact) mass is 301 g/mol. The van der Waals surface area contributed by atoms with Gasteiger partial charge in [-0.05, 0) is 28.1 Å².